The summed E-state index contributed by atoms with van der Waals surface area (Å²) in [5.41, 5.74) is -0.845. The molecule has 2 heterocycles. The molecule has 0 radical (unpaired) electrons. The molecule has 0 saturated carbocycles. The summed E-state index contributed by atoms with van der Waals surface area (Å²) in [4.78, 5) is 25.6. The van der Waals surface area contributed by atoms with Gasteiger partial charge in [0.25, 0.3) is 5.56 Å². The average Bonchev–Trinajstić information content (AvgIpc) is 2.80. The number of aromatic amines is 1. The van der Waals surface area contributed by atoms with Crippen LogP contribution in [0.2, 0.25) is 0 Å². The lowest BCUT2D eigenvalue weighted by Crippen LogP contribution is -2.40. The first-order chi connectivity index (χ1) is 10.5. The second kappa shape index (κ2) is 7.16. The lowest BCUT2D eigenvalue weighted by molar-refractivity contribution is -0.0820. The van der Waals surface area contributed by atoms with Crippen molar-refractivity contribution < 1.29 is 24.4 Å². The minimum Gasteiger partial charge on any atom is -0.394 e. The number of hydrogen-bond acceptors (Lipinski definition) is 7. The van der Waals surface area contributed by atoms with Gasteiger partial charge in [-0.3, -0.25) is 14.3 Å². The molecule has 2 rings (SSSR count). The Hall–Kier alpha value is -1.52. The van der Waals surface area contributed by atoms with Crippen molar-refractivity contribution in [1.82, 2.24) is 9.55 Å². The van der Waals surface area contributed by atoms with Gasteiger partial charge in [-0.15, -0.1) is 0 Å². The molecule has 1 aromatic rings. The standard InChI is InChI=1S/C13H20N2O7/c1-7-5-15(13(19)14-11(7)18)12-10(21-4-3-20-2)9(17)8(6-16)22-12/h5,8-10,12,16-17H,3-4,6H2,1-2H3,(H,14,18,19)/t8-,9?,10?,12-/m1/s1. The monoisotopic (exact) mass is 316 g/mol. The third kappa shape index (κ3) is 3.28. The highest BCUT2D eigenvalue weighted by Crippen LogP contribution is 2.30. The average molecular weight is 316 g/mol. The molecule has 1 saturated heterocycles. The van der Waals surface area contributed by atoms with Gasteiger partial charge in [0.05, 0.1) is 19.8 Å². The van der Waals surface area contributed by atoms with Gasteiger partial charge in [-0.1, -0.05) is 0 Å². The predicted octanol–water partition coefficient (Wildman–Crippen LogP) is -1.87. The first-order valence-electron chi connectivity index (χ1n) is 6.86. The number of nitrogens with one attached hydrogen (secondary N) is 1. The smallest absolute Gasteiger partial charge is 0.330 e. The van der Waals surface area contributed by atoms with Gasteiger partial charge in [0.1, 0.15) is 18.3 Å². The van der Waals surface area contributed by atoms with Crippen molar-refractivity contribution in [3.63, 3.8) is 0 Å². The Bertz CT molecular complexity index is 611. The van der Waals surface area contributed by atoms with Crippen LogP contribution in [0.5, 0.6) is 0 Å². The van der Waals surface area contributed by atoms with Crippen molar-refractivity contribution in [3.8, 4) is 0 Å². The molecule has 0 bridgehead atoms. The maximum absolute atomic E-state index is 12.0. The van der Waals surface area contributed by atoms with Crippen LogP contribution >= 0.6 is 0 Å². The first kappa shape index (κ1) is 16.8. The Morgan fingerprint density at radius 3 is 2.77 bits per heavy atom. The summed E-state index contributed by atoms with van der Waals surface area (Å²) < 4.78 is 17.0. The van der Waals surface area contributed by atoms with E-state index in [4.69, 9.17) is 14.2 Å². The van der Waals surface area contributed by atoms with Gasteiger partial charge >= 0.3 is 5.69 Å². The van der Waals surface area contributed by atoms with Gasteiger partial charge in [-0.2, -0.15) is 0 Å². The second-order valence-electron chi connectivity index (χ2n) is 5.05. The minimum absolute atomic E-state index is 0.188. The zero-order chi connectivity index (χ0) is 16.3. The summed E-state index contributed by atoms with van der Waals surface area (Å²) in [7, 11) is 1.51. The fraction of sp³-hybridized carbons (Fsp3) is 0.692. The maximum atomic E-state index is 12.0. The molecule has 124 valence electrons. The number of nitrogens with zero attached hydrogens (tertiary/aromatic N) is 1. The number of aliphatic hydroxyl groups excluding tert-OH is 2. The third-order valence-corrected chi connectivity index (χ3v) is 3.51. The van der Waals surface area contributed by atoms with Crippen LogP contribution in [0.15, 0.2) is 15.8 Å². The first-order valence-corrected chi connectivity index (χ1v) is 6.86. The van der Waals surface area contributed by atoms with E-state index in [0.717, 1.165) is 4.57 Å². The van der Waals surface area contributed by atoms with Crippen LogP contribution in [-0.2, 0) is 14.2 Å². The molecule has 2 unspecified atom stereocenters. The van der Waals surface area contributed by atoms with Gasteiger partial charge in [0.2, 0.25) is 0 Å². The SMILES string of the molecule is COCCOC1C(O)[C@@H](CO)O[C@H]1n1cc(C)c(=O)[nH]c1=O. The lowest BCUT2D eigenvalue weighted by Gasteiger charge is -2.22. The fourth-order valence-electron chi connectivity index (χ4n) is 2.32. The number of aryl methyl sites for hydroxylation is 1. The summed E-state index contributed by atoms with van der Waals surface area (Å²) in [6.07, 6.45) is -2.46. The Labute approximate surface area is 126 Å². The summed E-state index contributed by atoms with van der Waals surface area (Å²) in [6, 6.07) is 0. The van der Waals surface area contributed by atoms with Gasteiger partial charge in [0.15, 0.2) is 6.23 Å². The van der Waals surface area contributed by atoms with Crippen LogP contribution in [-0.4, -0.2) is 65.0 Å². The van der Waals surface area contributed by atoms with E-state index in [0.29, 0.717) is 12.2 Å². The van der Waals surface area contributed by atoms with Crippen LogP contribution in [0.1, 0.15) is 11.8 Å². The Morgan fingerprint density at radius 1 is 1.41 bits per heavy atom. The lowest BCUT2D eigenvalue weighted by atomic mass is 10.1. The molecular formula is C13H20N2O7. The summed E-state index contributed by atoms with van der Waals surface area (Å²) in [5, 5.41) is 19.4. The van der Waals surface area contributed by atoms with Crippen LogP contribution in [0.4, 0.5) is 0 Å². The molecule has 3 N–H and O–H groups in total. The fourth-order valence-corrected chi connectivity index (χ4v) is 2.32. The molecule has 0 aromatic carbocycles. The maximum Gasteiger partial charge on any atom is 0.330 e. The van der Waals surface area contributed by atoms with Crippen molar-refractivity contribution in [1.29, 1.82) is 0 Å². The van der Waals surface area contributed by atoms with Gasteiger partial charge in [0, 0.05) is 18.9 Å². The molecule has 9 heteroatoms. The summed E-state index contributed by atoms with van der Waals surface area (Å²) in [6.45, 7) is 1.62. The summed E-state index contributed by atoms with van der Waals surface area (Å²) in [5.74, 6) is 0. The van der Waals surface area contributed by atoms with Gasteiger partial charge < -0.3 is 24.4 Å². The van der Waals surface area contributed by atoms with Crippen LogP contribution in [0.25, 0.3) is 0 Å². The Balaban J connectivity index is 2.31. The number of aliphatic hydroxyl groups is 2. The van der Waals surface area contributed by atoms with E-state index in [2.05, 4.69) is 4.98 Å². The number of aromatic nitrogens is 2. The predicted molar refractivity (Wildman–Crippen MR) is 74.7 cm³/mol. The highest BCUT2D eigenvalue weighted by Gasteiger charge is 2.45. The van der Waals surface area contributed by atoms with Crippen molar-refractivity contribution in [2.24, 2.45) is 0 Å². The number of H-pyrrole nitrogens is 1. The second-order valence-corrected chi connectivity index (χ2v) is 5.05. The van der Waals surface area contributed by atoms with Crippen LogP contribution < -0.4 is 11.2 Å². The molecule has 1 aliphatic heterocycles. The van der Waals surface area contributed by atoms with E-state index in [1.807, 2.05) is 0 Å². The van der Waals surface area contributed by atoms with E-state index in [9.17, 15) is 19.8 Å². The Kier molecular flexibility index (Phi) is 5.48. The topological polar surface area (TPSA) is 123 Å². The number of rotatable bonds is 6. The molecule has 1 aromatic heterocycles. The normalized spacial score (nSPS) is 28.2. The quantitative estimate of drug-likeness (QED) is 0.525. The van der Waals surface area contributed by atoms with E-state index in [-0.39, 0.29) is 6.61 Å². The van der Waals surface area contributed by atoms with Crippen molar-refractivity contribution in [2.75, 3.05) is 26.9 Å². The number of ether oxygens (including phenoxy) is 3. The molecule has 9 nitrogen and oxygen atoms in total. The van der Waals surface area contributed by atoms with E-state index >= 15 is 0 Å². The molecule has 0 spiro atoms. The van der Waals surface area contributed by atoms with Gasteiger partial charge in [-0.25, -0.2) is 4.79 Å². The molecule has 0 amide bonds. The largest absolute Gasteiger partial charge is 0.394 e. The van der Waals surface area contributed by atoms with E-state index < -0.39 is 42.4 Å². The molecule has 1 aliphatic rings. The third-order valence-electron chi connectivity index (χ3n) is 3.51. The van der Waals surface area contributed by atoms with Crippen molar-refractivity contribution in [2.45, 2.75) is 31.5 Å². The summed E-state index contributed by atoms with van der Waals surface area (Å²) >= 11 is 0. The number of methoxy groups -OCH3 is 1. The molecule has 1 fully saturated rings. The van der Waals surface area contributed by atoms with Crippen molar-refractivity contribution in [3.05, 3.63) is 32.6 Å². The highest BCUT2D eigenvalue weighted by atomic mass is 16.6. The zero-order valence-corrected chi connectivity index (χ0v) is 12.4. The zero-order valence-electron chi connectivity index (χ0n) is 12.4. The highest BCUT2D eigenvalue weighted by molar-refractivity contribution is 5.03. The van der Waals surface area contributed by atoms with Crippen LogP contribution in [0, 0.1) is 6.92 Å². The van der Waals surface area contributed by atoms with Crippen molar-refractivity contribution >= 4 is 0 Å². The van der Waals surface area contributed by atoms with E-state index in [1.54, 1.807) is 6.92 Å². The molecule has 22 heavy (non-hydrogen) atoms. The van der Waals surface area contributed by atoms with E-state index in [1.165, 1.54) is 13.3 Å². The Morgan fingerprint density at radius 2 is 2.14 bits per heavy atom. The minimum atomic E-state index is -1.11. The number of hydrogen-bond donors (Lipinski definition) is 3. The molecule has 0 aliphatic carbocycles. The van der Waals surface area contributed by atoms with Gasteiger partial charge in [-0.05, 0) is 6.92 Å². The molecular weight excluding hydrogens is 296 g/mol. The molecule has 4 atom stereocenters. The van der Waals surface area contributed by atoms with Crippen LogP contribution in [0.3, 0.4) is 0 Å².